The monoisotopic (exact) mass is 252 g/mol. The molecule has 1 aromatic rings. The Morgan fingerprint density at radius 2 is 1.24 bits per heavy atom. The summed E-state index contributed by atoms with van der Waals surface area (Å²) in [7, 11) is -6.00. The van der Waals surface area contributed by atoms with E-state index >= 15 is 0 Å². The maximum absolute atomic E-state index is 9.75. The van der Waals surface area contributed by atoms with E-state index in [0.29, 0.717) is 0 Å². The Bertz CT molecular complexity index is 278. The minimum absolute atomic E-state index is 0.987. The summed E-state index contributed by atoms with van der Waals surface area (Å²) in [5, 5.41) is 0. The molecule has 6 heteroatoms. The summed E-state index contributed by atoms with van der Waals surface area (Å²) < 4.78 is 44.6. The van der Waals surface area contributed by atoms with Crippen LogP contribution in [0.1, 0.15) is 37.9 Å². The highest BCUT2D eigenvalue weighted by Gasteiger charge is 2.20. The van der Waals surface area contributed by atoms with Crippen molar-refractivity contribution in [3.05, 3.63) is 29.2 Å². The summed E-state index contributed by atoms with van der Waals surface area (Å²) in [6, 6.07) is 4.30. The lowest BCUT2D eigenvalue weighted by Gasteiger charge is -1.94. The molecule has 0 aliphatic carbocycles. The molecule has 0 spiro atoms. The van der Waals surface area contributed by atoms with Crippen molar-refractivity contribution in [3.63, 3.8) is 0 Å². The van der Waals surface area contributed by atoms with E-state index in [1.807, 2.05) is 0 Å². The Morgan fingerprint density at radius 3 is 1.47 bits per heavy atom. The van der Waals surface area contributed by atoms with E-state index in [9.17, 15) is 17.3 Å². The van der Waals surface area contributed by atoms with Gasteiger partial charge in [0.15, 0.2) is 0 Å². The van der Waals surface area contributed by atoms with Crippen molar-refractivity contribution in [1.29, 1.82) is 0 Å². The first-order chi connectivity index (χ1) is 7.80. The van der Waals surface area contributed by atoms with E-state index in [0.717, 1.165) is 30.8 Å². The summed E-state index contributed by atoms with van der Waals surface area (Å²) in [6.07, 6.45) is 3.07. The van der Waals surface area contributed by atoms with Gasteiger partial charge in [0.1, 0.15) is 0 Å². The van der Waals surface area contributed by atoms with Gasteiger partial charge in [-0.2, -0.15) is 0 Å². The molecule has 0 aromatic carbocycles. The van der Waals surface area contributed by atoms with Gasteiger partial charge in [-0.05, 0) is 12.0 Å². The SMILES string of the molecule is CCc1cc(CC)[o+]c(CC)c1.F[B-](F)(F)F. The Kier molecular flexibility index (Phi) is 6.84. The lowest BCUT2D eigenvalue weighted by Crippen LogP contribution is -2.02. The van der Waals surface area contributed by atoms with Gasteiger partial charge in [-0.1, -0.05) is 20.8 Å². The van der Waals surface area contributed by atoms with Crippen molar-refractivity contribution in [3.8, 4) is 0 Å². The van der Waals surface area contributed by atoms with E-state index in [1.165, 1.54) is 5.56 Å². The Morgan fingerprint density at radius 1 is 0.882 bits per heavy atom. The number of rotatable bonds is 3. The number of aryl methyl sites for hydroxylation is 3. The molecule has 0 atom stereocenters. The Hall–Kier alpha value is -1.07. The molecule has 0 fully saturated rings. The van der Waals surface area contributed by atoms with Crippen LogP contribution in [0.15, 0.2) is 16.5 Å². The first-order valence-electron chi connectivity index (χ1n) is 5.62. The Balaban J connectivity index is 0.000000437. The zero-order chi connectivity index (χ0) is 13.5. The predicted molar refractivity (Wildman–Crippen MR) is 61.4 cm³/mol. The average Bonchev–Trinajstić information content (AvgIpc) is 2.26. The molecule has 0 saturated carbocycles. The maximum Gasteiger partial charge on any atom is 0.673 e. The molecular formula is C11H17BF4O. The van der Waals surface area contributed by atoms with E-state index in [4.69, 9.17) is 4.42 Å². The van der Waals surface area contributed by atoms with Crippen LogP contribution in [0.5, 0.6) is 0 Å². The van der Waals surface area contributed by atoms with Crippen LogP contribution in [0.4, 0.5) is 17.3 Å². The van der Waals surface area contributed by atoms with Gasteiger partial charge in [0, 0.05) is 12.1 Å². The van der Waals surface area contributed by atoms with Crippen LogP contribution >= 0.6 is 0 Å². The molecule has 1 nitrogen and oxygen atoms in total. The fourth-order valence-electron chi connectivity index (χ4n) is 1.24. The third-order valence-corrected chi connectivity index (χ3v) is 2.06. The first kappa shape index (κ1) is 15.9. The van der Waals surface area contributed by atoms with Crippen molar-refractivity contribution in [2.24, 2.45) is 0 Å². The van der Waals surface area contributed by atoms with Crippen molar-refractivity contribution >= 4 is 7.25 Å². The quantitative estimate of drug-likeness (QED) is 0.436. The highest BCUT2D eigenvalue weighted by molar-refractivity contribution is 6.50. The number of halogens is 4. The second kappa shape index (κ2) is 7.30. The largest absolute Gasteiger partial charge is 0.673 e. The minimum Gasteiger partial charge on any atom is -0.418 e. The lowest BCUT2D eigenvalue weighted by atomic mass is 10.1. The second-order valence-corrected chi connectivity index (χ2v) is 3.45. The van der Waals surface area contributed by atoms with Crippen molar-refractivity contribution in [2.45, 2.75) is 40.0 Å². The van der Waals surface area contributed by atoms with Crippen LogP contribution in [-0.2, 0) is 19.3 Å². The smallest absolute Gasteiger partial charge is 0.418 e. The van der Waals surface area contributed by atoms with Crippen molar-refractivity contribution < 1.29 is 21.7 Å². The summed E-state index contributed by atoms with van der Waals surface area (Å²) in [4.78, 5) is 0. The summed E-state index contributed by atoms with van der Waals surface area (Å²) in [5.41, 5.74) is 1.38. The molecule has 0 amide bonds. The molecule has 0 radical (unpaired) electrons. The molecule has 1 heterocycles. The fraction of sp³-hybridized carbons (Fsp3) is 0.545. The van der Waals surface area contributed by atoms with Gasteiger partial charge >= 0.3 is 18.8 Å². The normalized spacial score (nSPS) is 10.8. The van der Waals surface area contributed by atoms with Crippen molar-refractivity contribution in [1.82, 2.24) is 0 Å². The van der Waals surface area contributed by atoms with Gasteiger partial charge in [0.05, 0.1) is 12.8 Å². The van der Waals surface area contributed by atoms with Gasteiger partial charge < -0.3 is 17.3 Å². The third kappa shape index (κ3) is 8.71. The maximum atomic E-state index is 9.75. The van der Waals surface area contributed by atoms with E-state index in [2.05, 4.69) is 32.9 Å². The molecule has 0 bridgehead atoms. The van der Waals surface area contributed by atoms with E-state index in [1.54, 1.807) is 0 Å². The summed E-state index contributed by atoms with van der Waals surface area (Å²) in [5.74, 6) is 2.21. The van der Waals surface area contributed by atoms with Gasteiger partial charge in [0.25, 0.3) is 0 Å². The fourth-order valence-corrected chi connectivity index (χ4v) is 1.24. The standard InChI is InChI=1S/C11H17O.BF4/c1-4-9-7-10(5-2)12-11(6-3)8-9;2-1(3,4)5/h7-8H,4-6H2,1-3H3;/q+1;-1. The average molecular weight is 252 g/mol. The first-order valence-corrected chi connectivity index (χ1v) is 5.62. The van der Waals surface area contributed by atoms with Crippen LogP contribution in [0.25, 0.3) is 0 Å². The van der Waals surface area contributed by atoms with E-state index in [-0.39, 0.29) is 0 Å². The lowest BCUT2D eigenvalue weighted by molar-refractivity contribution is 0.368. The number of hydrogen-bond acceptors (Lipinski definition) is 0. The summed E-state index contributed by atoms with van der Waals surface area (Å²) in [6.45, 7) is 6.42. The molecule has 0 unspecified atom stereocenters. The molecular weight excluding hydrogens is 235 g/mol. The van der Waals surface area contributed by atoms with Crippen LogP contribution in [0.2, 0.25) is 0 Å². The topological polar surface area (TPSA) is 11.3 Å². The molecule has 0 N–H and O–H groups in total. The Labute approximate surface area is 98.9 Å². The van der Waals surface area contributed by atoms with Crippen LogP contribution in [0.3, 0.4) is 0 Å². The molecule has 98 valence electrons. The van der Waals surface area contributed by atoms with Gasteiger partial charge in [-0.3, -0.25) is 0 Å². The minimum atomic E-state index is -6.00. The highest BCUT2D eigenvalue weighted by atomic mass is 19.5. The van der Waals surface area contributed by atoms with Gasteiger partial charge in [-0.25, -0.2) is 4.42 Å². The molecule has 1 rings (SSSR count). The van der Waals surface area contributed by atoms with Crippen LogP contribution in [-0.4, -0.2) is 7.25 Å². The van der Waals surface area contributed by atoms with Crippen LogP contribution < -0.4 is 0 Å². The number of hydrogen-bond donors (Lipinski definition) is 0. The predicted octanol–water partition coefficient (Wildman–Crippen LogP) is 4.55. The van der Waals surface area contributed by atoms with Gasteiger partial charge in [-0.15, -0.1) is 0 Å². The summed E-state index contributed by atoms with van der Waals surface area (Å²) >= 11 is 0. The molecule has 0 aliphatic heterocycles. The molecule has 1 aromatic heterocycles. The highest BCUT2D eigenvalue weighted by Crippen LogP contribution is 2.12. The van der Waals surface area contributed by atoms with Crippen LogP contribution in [0, 0.1) is 0 Å². The molecule has 0 saturated heterocycles. The molecule has 0 aliphatic rings. The van der Waals surface area contributed by atoms with Gasteiger partial charge in [0.2, 0.25) is 0 Å². The zero-order valence-corrected chi connectivity index (χ0v) is 10.3. The van der Waals surface area contributed by atoms with Crippen molar-refractivity contribution in [2.75, 3.05) is 0 Å². The van der Waals surface area contributed by atoms with E-state index < -0.39 is 7.25 Å². The third-order valence-electron chi connectivity index (χ3n) is 2.06. The zero-order valence-electron chi connectivity index (χ0n) is 10.3. The second-order valence-electron chi connectivity index (χ2n) is 3.45. The molecule has 17 heavy (non-hydrogen) atoms.